The minimum absolute atomic E-state index is 0.389. The summed E-state index contributed by atoms with van der Waals surface area (Å²) in [7, 11) is 0. The summed E-state index contributed by atoms with van der Waals surface area (Å²) in [4.78, 5) is 0. The first-order valence-electron chi connectivity index (χ1n) is 2.62. The first-order valence-corrected chi connectivity index (χ1v) is 5.60. The third-order valence-electron chi connectivity index (χ3n) is 0.803. The fourth-order valence-electron chi connectivity index (χ4n) is 0.460. The van der Waals surface area contributed by atoms with Crippen LogP contribution in [0, 0.1) is 0 Å². The lowest BCUT2D eigenvalue weighted by molar-refractivity contribution is 0.587. The van der Waals surface area contributed by atoms with Crippen molar-refractivity contribution in [1.29, 1.82) is 0 Å². The molecule has 9 heavy (non-hydrogen) atoms. The van der Waals surface area contributed by atoms with E-state index in [0.717, 1.165) is 0 Å². The van der Waals surface area contributed by atoms with Crippen molar-refractivity contribution in [2.45, 2.75) is 0 Å². The summed E-state index contributed by atoms with van der Waals surface area (Å²) in [6.07, 6.45) is 3.91. The highest BCUT2D eigenvalue weighted by molar-refractivity contribution is 7.89. The van der Waals surface area contributed by atoms with Gasteiger partial charge in [0, 0.05) is 12.3 Å². The van der Waals surface area contributed by atoms with Crippen LogP contribution in [0.25, 0.3) is 0 Å². The zero-order valence-corrected chi connectivity index (χ0v) is 6.87. The molecule has 0 aliphatic rings. The average Bonchev–Trinajstić information content (AvgIpc) is 1.64. The monoisotopic (exact) mass is 164 g/mol. The average molecular weight is 165 g/mol. The molecule has 0 atom stereocenters. The molecule has 3 heteroatoms. The second-order valence-electron chi connectivity index (χ2n) is 1.73. The minimum atomic E-state index is -2.46. The molecular formula is C6H10ClOP. The molecule has 0 aromatic rings. The van der Waals surface area contributed by atoms with Crippen LogP contribution >= 0.6 is 17.7 Å². The van der Waals surface area contributed by atoms with Gasteiger partial charge in [0.15, 0.2) is 6.49 Å². The largest absolute Gasteiger partial charge is 0.306 e. The Balaban J connectivity index is 3.85. The SMILES string of the molecule is C=CCP(=O)(Cl)CC=C. The van der Waals surface area contributed by atoms with E-state index >= 15 is 0 Å². The molecule has 0 fully saturated rings. The fourth-order valence-corrected chi connectivity index (χ4v) is 1.97. The van der Waals surface area contributed by atoms with Crippen molar-refractivity contribution in [3.63, 3.8) is 0 Å². The third-order valence-corrected chi connectivity index (χ3v) is 3.24. The lowest BCUT2D eigenvalue weighted by Gasteiger charge is -2.01. The van der Waals surface area contributed by atoms with Gasteiger partial charge in [-0.25, -0.2) is 0 Å². The molecule has 0 saturated carbocycles. The summed E-state index contributed by atoms with van der Waals surface area (Å²) in [5, 5.41) is 0. The minimum Gasteiger partial charge on any atom is -0.306 e. The van der Waals surface area contributed by atoms with Crippen LogP contribution in [0.1, 0.15) is 0 Å². The molecule has 0 heterocycles. The summed E-state index contributed by atoms with van der Waals surface area (Å²) in [5.74, 6) is 0. The lowest BCUT2D eigenvalue weighted by atomic mass is 10.8. The van der Waals surface area contributed by atoms with E-state index in [1.807, 2.05) is 0 Å². The Kier molecular flexibility index (Phi) is 3.92. The van der Waals surface area contributed by atoms with Crippen LogP contribution < -0.4 is 0 Å². The van der Waals surface area contributed by atoms with Crippen molar-refractivity contribution in [3.05, 3.63) is 25.3 Å². The highest BCUT2D eigenvalue weighted by Gasteiger charge is 2.12. The molecule has 0 unspecified atom stereocenters. The first-order chi connectivity index (χ1) is 4.12. The van der Waals surface area contributed by atoms with Crippen LogP contribution in [-0.2, 0) is 4.57 Å². The lowest BCUT2D eigenvalue weighted by Crippen LogP contribution is -1.80. The number of halogens is 1. The van der Waals surface area contributed by atoms with Crippen LogP contribution in [0.2, 0.25) is 0 Å². The van der Waals surface area contributed by atoms with E-state index in [-0.39, 0.29) is 0 Å². The zero-order chi connectivity index (χ0) is 7.33. The van der Waals surface area contributed by atoms with Crippen LogP contribution in [-0.4, -0.2) is 12.3 Å². The van der Waals surface area contributed by atoms with Crippen molar-refractivity contribution in [2.24, 2.45) is 0 Å². The summed E-state index contributed by atoms with van der Waals surface area (Å²) >= 11 is 5.55. The van der Waals surface area contributed by atoms with Gasteiger partial charge in [0.1, 0.15) is 0 Å². The van der Waals surface area contributed by atoms with E-state index in [4.69, 9.17) is 11.2 Å². The quantitative estimate of drug-likeness (QED) is 0.461. The number of hydrogen-bond donors (Lipinski definition) is 0. The standard InChI is InChI=1S/C6H10ClOP/c1-3-5-9(7,8)6-4-2/h3-4H,1-2,5-6H2. The molecule has 0 radical (unpaired) electrons. The van der Waals surface area contributed by atoms with Gasteiger partial charge in [-0.2, -0.15) is 0 Å². The van der Waals surface area contributed by atoms with Gasteiger partial charge in [-0.05, 0) is 0 Å². The van der Waals surface area contributed by atoms with Crippen molar-refractivity contribution < 1.29 is 4.57 Å². The van der Waals surface area contributed by atoms with E-state index < -0.39 is 6.49 Å². The second-order valence-corrected chi connectivity index (χ2v) is 5.89. The highest BCUT2D eigenvalue weighted by Crippen LogP contribution is 2.50. The summed E-state index contributed by atoms with van der Waals surface area (Å²) in [5.41, 5.74) is 0. The molecule has 0 aromatic heterocycles. The van der Waals surface area contributed by atoms with Gasteiger partial charge >= 0.3 is 0 Å². The summed E-state index contributed by atoms with van der Waals surface area (Å²) in [6, 6.07) is 0. The third kappa shape index (κ3) is 4.50. The Morgan fingerprint density at radius 3 is 1.89 bits per heavy atom. The maximum Gasteiger partial charge on any atom is 0.176 e. The Bertz CT molecular complexity index is 139. The van der Waals surface area contributed by atoms with E-state index in [1.165, 1.54) is 0 Å². The Morgan fingerprint density at radius 2 is 1.67 bits per heavy atom. The zero-order valence-electron chi connectivity index (χ0n) is 5.22. The van der Waals surface area contributed by atoms with Gasteiger partial charge in [0.2, 0.25) is 0 Å². The molecule has 0 aromatic carbocycles. The molecule has 0 rings (SSSR count). The van der Waals surface area contributed by atoms with Crippen molar-refractivity contribution in [3.8, 4) is 0 Å². The van der Waals surface area contributed by atoms with E-state index in [0.29, 0.717) is 12.3 Å². The van der Waals surface area contributed by atoms with Crippen LogP contribution in [0.3, 0.4) is 0 Å². The molecule has 0 spiro atoms. The Morgan fingerprint density at radius 1 is 1.33 bits per heavy atom. The maximum atomic E-state index is 11.0. The molecule has 0 aliphatic heterocycles. The van der Waals surface area contributed by atoms with Gasteiger partial charge in [-0.15, -0.1) is 13.2 Å². The molecule has 52 valence electrons. The highest BCUT2D eigenvalue weighted by atomic mass is 35.7. The van der Waals surface area contributed by atoms with Crippen molar-refractivity contribution in [2.75, 3.05) is 12.3 Å². The number of hydrogen-bond acceptors (Lipinski definition) is 1. The predicted octanol–water partition coefficient (Wildman–Crippen LogP) is 2.88. The van der Waals surface area contributed by atoms with E-state index in [9.17, 15) is 4.57 Å². The topological polar surface area (TPSA) is 17.1 Å². The van der Waals surface area contributed by atoms with E-state index in [2.05, 4.69) is 13.2 Å². The Labute approximate surface area is 60.6 Å². The maximum absolute atomic E-state index is 11.0. The van der Waals surface area contributed by atoms with Crippen LogP contribution in [0.4, 0.5) is 0 Å². The first kappa shape index (κ1) is 9.00. The van der Waals surface area contributed by atoms with Gasteiger partial charge in [-0.3, -0.25) is 0 Å². The molecule has 1 nitrogen and oxygen atoms in total. The summed E-state index contributed by atoms with van der Waals surface area (Å²) < 4.78 is 11.0. The van der Waals surface area contributed by atoms with E-state index in [1.54, 1.807) is 12.2 Å². The normalized spacial score (nSPS) is 10.8. The summed E-state index contributed by atoms with van der Waals surface area (Å²) in [6.45, 7) is 4.42. The van der Waals surface area contributed by atoms with Crippen LogP contribution in [0.15, 0.2) is 25.3 Å². The molecule has 0 amide bonds. The van der Waals surface area contributed by atoms with Gasteiger partial charge in [-0.1, -0.05) is 23.4 Å². The van der Waals surface area contributed by atoms with Gasteiger partial charge in [0.25, 0.3) is 0 Å². The Hall–Kier alpha value is -0.0000000000000000555. The fraction of sp³-hybridized carbons (Fsp3) is 0.333. The predicted molar refractivity (Wildman–Crippen MR) is 43.6 cm³/mol. The molecule has 0 aliphatic carbocycles. The van der Waals surface area contributed by atoms with Crippen LogP contribution in [0.5, 0.6) is 0 Å². The molecule has 0 bridgehead atoms. The van der Waals surface area contributed by atoms with Gasteiger partial charge in [0.05, 0.1) is 0 Å². The molecule has 0 N–H and O–H groups in total. The molecule has 0 saturated heterocycles. The molecular weight excluding hydrogens is 154 g/mol. The van der Waals surface area contributed by atoms with Crippen molar-refractivity contribution in [1.82, 2.24) is 0 Å². The van der Waals surface area contributed by atoms with Gasteiger partial charge < -0.3 is 4.57 Å². The number of allylic oxidation sites excluding steroid dienone is 2. The van der Waals surface area contributed by atoms with Crippen molar-refractivity contribution >= 4 is 17.7 Å². The second kappa shape index (κ2) is 3.92. The smallest absolute Gasteiger partial charge is 0.176 e. The number of rotatable bonds is 4.